The number of methoxy groups -OCH3 is 1. The highest BCUT2D eigenvalue weighted by molar-refractivity contribution is 5.96. The molecule has 0 atom stereocenters. The van der Waals surface area contributed by atoms with E-state index in [9.17, 15) is 18.0 Å². The Morgan fingerprint density at radius 1 is 1.33 bits per heavy atom. The molecule has 0 saturated heterocycles. The van der Waals surface area contributed by atoms with E-state index in [1.807, 2.05) is 0 Å². The molecule has 0 fully saturated rings. The van der Waals surface area contributed by atoms with Gasteiger partial charge in [-0.2, -0.15) is 13.2 Å². The number of hydrogen-bond acceptors (Lipinski definition) is 3. The Kier molecular flexibility index (Phi) is 5.15. The number of alkyl halides is 3. The fourth-order valence-electron chi connectivity index (χ4n) is 1.29. The van der Waals surface area contributed by atoms with Crippen molar-refractivity contribution in [2.75, 3.05) is 20.3 Å². The van der Waals surface area contributed by atoms with Gasteiger partial charge in [0.1, 0.15) is 12.4 Å². The van der Waals surface area contributed by atoms with Crippen LogP contribution in [0.2, 0.25) is 0 Å². The maximum absolute atomic E-state index is 11.8. The molecule has 18 heavy (non-hydrogen) atoms. The van der Waals surface area contributed by atoms with Crippen molar-refractivity contribution in [3.63, 3.8) is 0 Å². The fraction of sp³-hybridized carbons (Fsp3) is 0.417. The zero-order valence-corrected chi connectivity index (χ0v) is 9.79. The van der Waals surface area contributed by atoms with E-state index < -0.39 is 12.8 Å². The van der Waals surface area contributed by atoms with Gasteiger partial charge in [0.2, 0.25) is 0 Å². The Hall–Kier alpha value is -1.56. The summed E-state index contributed by atoms with van der Waals surface area (Å²) in [6.45, 7) is -1.59. The third kappa shape index (κ3) is 5.18. The highest BCUT2D eigenvalue weighted by atomic mass is 19.4. The molecule has 100 valence electrons. The molecule has 1 aromatic carbocycles. The Labute approximate surface area is 103 Å². The summed E-state index contributed by atoms with van der Waals surface area (Å²) in [5, 5.41) is 0. The molecule has 0 N–H and O–H groups in total. The summed E-state index contributed by atoms with van der Waals surface area (Å²) in [5.74, 6) is 0.244. The van der Waals surface area contributed by atoms with Gasteiger partial charge in [-0.1, -0.05) is 12.1 Å². The summed E-state index contributed by atoms with van der Waals surface area (Å²) in [7, 11) is 1.47. The SMILES string of the molecule is COc1cccc(C(=O)CCOCC(F)(F)F)c1. The average molecular weight is 262 g/mol. The van der Waals surface area contributed by atoms with Crippen molar-refractivity contribution in [2.24, 2.45) is 0 Å². The molecule has 6 heteroatoms. The second-order valence-electron chi connectivity index (χ2n) is 3.57. The van der Waals surface area contributed by atoms with Gasteiger partial charge in [0.05, 0.1) is 13.7 Å². The lowest BCUT2D eigenvalue weighted by molar-refractivity contribution is -0.173. The van der Waals surface area contributed by atoms with Crippen LogP contribution in [0.5, 0.6) is 5.75 Å². The van der Waals surface area contributed by atoms with E-state index in [0.717, 1.165) is 0 Å². The van der Waals surface area contributed by atoms with Crippen LogP contribution in [0.15, 0.2) is 24.3 Å². The molecule has 0 spiro atoms. The lowest BCUT2D eigenvalue weighted by atomic mass is 10.1. The van der Waals surface area contributed by atoms with Crippen molar-refractivity contribution >= 4 is 5.78 Å². The standard InChI is InChI=1S/C12H13F3O3/c1-17-10-4-2-3-9(7-10)11(16)5-6-18-8-12(13,14)15/h2-4,7H,5-6,8H2,1H3. The first kappa shape index (κ1) is 14.5. The van der Waals surface area contributed by atoms with E-state index in [-0.39, 0.29) is 18.8 Å². The van der Waals surface area contributed by atoms with Gasteiger partial charge >= 0.3 is 6.18 Å². The van der Waals surface area contributed by atoms with Gasteiger partial charge in [-0.15, -0.1) is 0 Å². The topological polar surface area (TPSA) is 35.5 Å². The zero-order valence-electron chi connectivity index (χ0n) is 9.79. The van der Waals surface area contributed by atoms with Crippen molar-refractivity contribution in [3.05, 3.63) is 29.8 Å². The fourth-order valence-corrected chi connectivity index (χ4v) is 1.29. The van der Waals surface area contributed by atoms with Gasteiger partial charge in [0, 0.05) is 12.0 Å². The minimum Gasteiger partial charge on any atom is -0.497 e. The zero-order chi connectivity index (χ0) is 13.6. The summed E-state index contributed by atoms with van der Waals surface area (Å²) in [5.41, 5.74) is 0.393. The third-order valence-corrected chi connectivity index (χ3v) is 2.13. The molecular formula is C12H13F3O3. The van der Waals surface area contributed by atoms with Crippen LogP contribution in [0.1, 0.15) is 16.8 Å². The number of carbonyl (C=O) groups excluding carboxylic acids is 1. The molecule has 0 aliphatic carbocycles. The normalized spacial score (nSPS) is 11.3. The van der Waals surface area contributed by atoms with Crippen molar-refractivity contribution in [3.8, 4) is 5.75 Å². The predicted octanol–water partition coefficient (Wildman–Crippen LogP) is 2.85. The molecule has 0 aliphatic rings. The molecule has 1 rings (SSSR count). The van der Waals surface area contributed by atoms with Gasteiger partial charge in [-0.25, -0.2) is 0 Å². The second kappa shape index (κ2) is 6.39. The first-order valence-electron chi connectivity index (χ1n) is 5.24. The summed E-state index contributed by atoms with van der Waals surface area (Å²) >= 11 is 0. The highest BCUT2D eigenvalue weighted by Crippen LogP contribution is 2.16. The molecule has 0 amide bonds. The largest absolute Gasteiger partial charge is 0.497 e. The molecule has 0 aliphatic heterocycles. The summed E-state index contributed by atoms with van der Waals surface area (Å²) in [6, 6.07) is 6.43. The van der Waals surface area contributed by atoms with Gasteiger partial charge in [0.25, 0.3) is 0 Å². The number of Topliss-reactive ketones (excluding diaryl/α,β-unsaturated/α-hetero) is 1. The summed E-state index contributed by atoms with van der Waals surface area (Å²) in [6.07, 6.45) is -4.46. The average Bonchev–Trinajstić information content (AvgIpc) is 2.33. The van der Waals surface area contributed by atoms with Crippen LogP contribution in [0, 0.1) is 0 Å². The second-order valence-corrected chi connectivity index (χ2v) is 3.57. The van der Waals surface area contributed by atoms with Crippen LogP contribution < -0.4 is 4.74 Å². The molecule has 0 aromatic heterocycles. The molecule has 1 aromatic rings. The van der Waals surface area contributed by atoms with E-state index in [4.69, 9.17) is 4.74 Å². The number of rotatable bonds is 6. The first-order chi connectivity index (χ1) is 8.42. The van der Waals surface area contributed by atoms with Crippen molar-refractivity contribution in [2.45, 2.75) is 12.6 Å². The number of ketones is 1. The van der Waals surface area contributed by atoms with Crippen LogP contribution >= 0.6 is 0 Å². The maximum atomic E-state index is 11.8. The predicted molar refractivity (Wildman–Crippen MR) is 58.8 cm³/mol. The van der Waals surface area contributed by atoms with Crippen molar-refractivity contribution in [1.82, 2.24) is 0 Å². The lowest BCUT2D eigenvalue weighted by Gasteiger charge is -2.07. The Balaban J connectivity index is 2.41. The minimum absolute atomic E-state index is 0.0940. The number of hydrogen-bond donors (Lipinski definition) is 0. The molecule has 0 radical (unpaired) electrons. The van der Waals surface area contributed by atoms with Gasteiger partial charge in [0.15, 0.2) is 5.78 Å². The van der Waals surface area contributed by atoms with Gasteiger partial charge in [-0.05, 0) is 12.1 Å². The molecule has 3 nitrogen and oxygen atoms in total. The van der Waals surface area contributed by atoms with E-state index in [1.165, 1.54) is 13.2 Å². The highest BCUT2D eigenvalue weighted by Gasteiger charge is 2.27. The maximum Gasteiger partial charge on any atom is 0.411 e. The van der Waals surface area contributed by atoms with Crippen LogP contribution in [0.4, 0.5) is 13.2 Å². The Morgan fingerprint density at radius 2 is 2.06 bits per heavy atom. The number of carbonyl (C=O) groups is 1. The molecule has 0 unspecified atom stereocenters. The summed E-state index contributed by atoms with van der Waals surface area (Å²) in [4.78, 5) is 11.6. The van der Waals surface area contributed by atoms with Crippen LogP contribution in [-0.2, 0) is 4.74 Å². The smallest absolute Gasteiger partial charge is 0.411 e. The number of halogens is 3. The van der Waals surface area contributed by atoms with E-state index in [1.54, 1.807) is 18.2 Å². The number of ether oxygens (including phenoxy) is 2. The summed E-state index contributed by atoms with van der Waals surface area (Å²) < 4.78 is 44.6. The number of benzene rings is 1. The first-order valence-corrected chi connectivity index (χ1v) is 5.24. The van der Waals surface area contributed by atoms with Crippen molar-refractivity contribution < 1.29 is 27.4 Å². The van der Waals surface area contributed by atoms with Gasteiger partial charge in [-0.3, -0.25) is 4.79 Å². The third-order valence-electron chi connectivity index (χ3n) is 2.13. The molecule has 0 saturated carbocycles. The van der Waals surface area contributed by atoms with Gasteiger partial charge < -0.3 is 9.47 Å². The lowest BCUT2D eigenvalue weighted by Crippen LogP contribution is -2.18. The quantitative estimate of drug-likeness (QED) is 0.584. The van der Waals surface area contributed by atoms with E-state index >= 15 is 0 Å². The van der Waals surface area contributed by atoms with Crippen molar-refractivity contribution in [1.29, 1.82) is 0 Å². The molecular weight excluding hydrogens is 249 g/mol. The van der Waals surface area contributed by atoms with E-state index in [0.29, 0.717) is 11.3 Å². The molecule has 0 bridgehead atoms. The monoisotopic (exact) mass is 262 g/mol. The Bertz CT molecular complexity index is 402. The van der Waals surface area contributed by atoms with Crippen LogP contribution in [0.25, 0.3) is 0 Å². The van der Waals surface area contributed by atoms with Crippen LogP contribution in [0.3, 0.4) is 0 Å². The van der Waals surface area contributed by atoms with E-state index in [2.05, 4.69) is 4.74 Å². The Morgan fingerprint density at radius 3 is 2.67 bits per heavy atom. The minimum atomic E-state index is -4.36. The van der Waals surface area contributed by atoms with Crippen LogP contribution in [-0.4, -0.2) is 32.3 Å². The molecule has 0 heterocycles.